The van der Waals surface area contributed by atoms with Crippen LogP contribution in [0.5, 0.6) is 0 Å². The summed E-state index contributed by atoms with van der Waals surface area (Å²) in [7, 11) is 0. The highest BCUT2D eigenvalue weighted by molar-refractivity contribution is 8.01. The van der Waals surface area contributed by atoms with Crippen molar-refractivity contribution >= 4 is 78.9 Å². The van der Waals surface area contributed by atoms with Crippen LogP contribution >= 0.6 is 34.4 Å². The van der Waals surface area contributed by atoms with Gasteiger partial charge in [0, 0.05) is 23.7 Å². The molecule has 0 aliphatic carbocycles. The topological polar surface area (TPSA) is 113 Å². The first-order valence-electron chi connectivity index (χ1n) is 9.85. The van der Waals surface area contributed by atoms with E-state index in [9.17, 15) is 14.4 Å². The Bertz CT molecular complexity index is 1280. The summed E-state index contributed by atoms with van der Waals surface area (Å²) in [5, 5.41) is 10.7. The Kier molecular flexibility index (Phi) is 7.33. The number of nitrogens with zero attached hydrogens (tertiary/aromatic N) is 2. The van der Waals surface area contributed by atoms with Gasteiger partial charge >= 0.3 is 0 Å². The SMILES string of the molecule is CC(=O)Nc1cccc(NC(=O)CSc2nc(CC(=O)Nc3nc4ccccc4s3)cs2)c1. The van der Waals surface area contributed by atoms with Gasteiger partial charge in [0.1, 0.15) is 0 Å². The van der Waals surface area contributed by atoms with Crippen molar-refractivity contribution < 1.29 is 14.4 Å². The third kappa shape index (κ3) is 6.60. The third-order valence-corrected chi connectivity index (χ3v) is 7.23. The second-order valence-electron chi connectivity index (χ2n) is 6.92. The van der Waals surface area contributed by atoms with Crippen molar-refractivity contribution in [3.63, 3.8) is 0 Å². The Morgan fingerprint density at radius 1 is 0.939 bits per heavy atom. The molecular formula is C22H19N5O3S3. The number of hydrogen-bond acceptors (Lipinski definition) is 8. The summed E-state index contributed by atoms with van der Waals surface area (Å²) < 4.78 is 1.72. The Hall–Kier alpha value is -3.28. The van der Waals surface area contributed by atoms with Gasteiger partial charge in [0.05, 0.1) is 28.1 Å². The van der Waals surface area contributed by atoms with Crippen LogP contribution < -0.4 is 16.0 Å². The minimum absolute atomic E-state index is 0.134. The lowest BCUT2D eigenvalue weighted by Crippen LogP contribution is -2.15. The van der Waals surface area contributed by atoms with Crippen LogP contribution in [0.25, 0.3) is 10.2 Å². The normalized spacial score (nSPS) is 10.7. The fourth-order valence-electron chi connectivity index (χ4n) is 2.89. The Labute approximate surface area is 201 Å². The number of carbonyl (C=O) groups is 3. The van der Waals surface area contributed by atoms with Crippen LogP contribution in [-0.2, 0) is 20.8 Å². The number of amides is 3. The monoisotopic (exact) mass is 497 g/mol. The molecule has 0 unspecified atom stereocenters. The molecule has 4 aromatic rings. The molecule has 3 amide bonds. The van der Waals surface area contributed by atoms with Gasteiger partial charge in [-0.1, -0.05) is 41.3 Å². The highest BCUT2D eigenvalue weighted by Crippen LogP contribution is 2.26. The predicted octanol–water partition coefficient (Wildman–Crippen LogP) is 4.62. The Morgan fingerprint density at radius 3 is 2.52 bits per heavy atom. The molecule has 0 fully saturated rings. The molecule has 0 spiro atoms. The number of rotatable bonds is 8. The molecule has 0 atom stereocenters. The molecule has 168 valence electrons. The molecule has 11 heteroatoms. The maximum atomic E-state index is 12.4. The lowest BCUT2D eigenvalue weighted by molar-refractivity contribution is -0.116. The van der Waals surface area contributed by atoms with Crippen molar-refractivity contribution in [2.75, 3.05) is 21.7 Å². The van der Waals surface area contributed by atoms with Gasteiger partial charge in [-0.25, -0.2) is 9.97 Å². The molecule has 0 saturated carbocycles. The third-order valence-electron chi connectivity index (χ3n) is 4.21. The quantitative estimate of drug-likeness (QED) is 0.306. The van der Waals surface area contributed by atoms with E-state index >= 15 is 0 Å². The van der Waals surface area contributed by atoms with Crippen molar-refractivity contribution in [1.82, 2.24) is 9.97 Å². The molecule has 0 radical (unpaired) electrons. The average molecular weight is 498 g/mol. The number of nitrogens with one attached hydrogen (secondary N) is 3. The molecule has 2 aromatic heterocycles. The molecule has 4 rings (SSSR count). The van der Waals surface area contributed by atoms with E-state index < -0.39 is 0 Å². The van der Waals surface area contributed by atoms with Crippen LogP contribution in [0.1, 0.15) is 12.6 Å². The number of para-hydroxylation sites is 1. The van der Waals surface area contributed by atoms with E-state index in [1.807, 2.05) is 29.6 Å². The number of fused-ring (bicyclic) bond motifs is 1. The summed E-state index contributed by atoms with van der Waals surface area (Å²) in [5.41, 5.74) is 2.70. The first-order valence-corrected chi connectivity index (χ1v) is 12.5. The van der Waals surface area contributed by atoms with Gasteiger partial charge in [0.15, 0.2) is 9.47 Å². The molecule has 0 aliphatic heterocycles. The second-order valence-corrected chi connectivity index (χ2v) is 10.0. The van der Waals surface area contributed by atoms with E-state index in [1.54, 1.807) is 24.3 Å². The van der Waals surface area contributed by atoms with Crippen LogP contribution in [0.15, 0.2) is 58.3 Å². The molecule has 3 N–H and O–H groups in total. The standard InChI is InChI=1S/C22H19N5O3S3/c1-13(28)23-14-5-4-6-15(9-14)24-20(30)12-32-22-25-16(11-31-22)10-19(29)27-21-26-17-7-2-3-8-18(17)33-21/h2-9,11H,10,12H2,1H3,(H,23,28)(H,24,30)(H,26,27,29). The number of benzene rings is 2. The van der Waals surface area contributed by atoms with Gasteiger partial charge in [0.2, 0.25) is 17.7 Å². The summed E-state index contributed by atoms with van der Waals surface area (Å²) in [4.78, 5) is 44.6. The van der Waals surface area contributed by atoms with Gasteiger partial charge in [-0.3, -0.25) is 14.4 Å². The average Bonchev–Trinajstić information content (AvgIpc) is 3.38. The van der Waals surface area contributed by atoms with E-state index in [0.717, 1.165) is 10.2 Å². The summed E-state index contributed by atoms with van der Waals surface area (Å²) >= 11 is 4.12. The number of thioether (sulfide) groups is 1. The van der Waals surface area contributed by atoms with Gasteiger partial charge in [-0.05, 0) is 30.3 Å². The molecule has 0 aliphatic rings. The zero-order valence-electron chi connectivity index (χ0n) is 17.5. The van der Waals surface area contributed by atoms with Gasteiger partial charge in [-0.2, -0.15) is 0 Å². The number of thiazole rings is 2. The van der Waals surface area contributed by atoms with Crippen LogP contribution in [0.3, 0.4) is 0 Å². The minimum Gasteiger partial charge on any atom is -0.326 e. The Balaban J connectivity index is 1.25. The summed E-state index contributed by atoms with van der Waals surface area (Å²) in [6.45, 7) is 1.43. The van der Waals surface area contributed by atoms with E-state index in [1.165, 1.54) is 41.4 Å². The maximum absolute atomic E-state index is 12.4. The van der Waals surface area contributed by atoms with E-state index in [0.29, 0.717) is 26.5 Å². The van der Waals surface area contributed by atoms with Crippen LogP contribution in [0.4, 0.5) is 16.5 Å². The fourth-order valence-corrected chi connectivity index (χ4v) is 5.42. The molecule has 8 nitrogen and oxygen atoms in total. The lowest BCUT2D eigenvalue weighted by Gasteiger charge is -2.07. The maximum Gasteiger partial charge on any atom is 0.234 e. The molecule has 33 heavy (non-hydrogen) atoms. The molecule has 2 heterocycles. The smallest absolute Gasteiger partial charge is 0.234 e. The van der Waals surface area contributed by atoms with Crippen LogP contribution in [0.2, 0.25) is 0 Å². The van der Waals surface area contributed by atoms with E-state index in [2.05, 4.69) is 25.9 Å². The van der Waals surface area contributed by atoms with Crippen molar-refractivity contribution in [2.24, 2.45) is 0 Å². The van der Waals surface area contributed by atoms with Gasteiger partial charge < -0.3 is 16.0 Å². The minimum atomic E-state index is -0.190. The van der Waals surface area contributed by atoms with Crippen molar-refractivity contribution in [1.29, 1.82) is 0 Å². The zero-order chi connectivity index (χ0) is 23.2. The molecule has 2 aromatic carbocycles. The molecule has 0 saturated heterocycles. The van der Waals surface area contributed by atoms with Crippen molar-refractivity contribution in [2.45, 2.75) is 17.7 Å². The number of aromatic nitrogens is 2. The summed E-state index contributed by atoms with van der Waals surface area (Å²) in [6, 6.07) is 14.6. The van der Waals surface area contributed by atoms with Gasteiger partial charge in [0.25, 0.3) is 0 Å². The first kappa shape index (κ1) is 22.9. The highest BCUT2D eigenvalue weighted by atomic mass is 32.2. The van der Waals surface area contributed by atoms with Crippen LogP contribution in [-0.4, -0.2) is 33.4 Å². The Morgan fingerprint density at radius 2 is 1.73 bits per heavy atom. The number of carbonyl (C=O) groups excluding carboxylic acids is 3. The fraction of sp³-hybridized carbons (Fsp3) is 0.136. The lowest BCUT2D eigenvalue weighted by atomic mass is 10.2. The molecule has 0 bridgehead atoms. The first-order chi connectivity index (χ1) is 15.9. The highest BCUT2D eigenvalue weighted by Gasteiger charge is 2.12. The van der Waals surface area contributed by atoms with E-state index in [-0.39, 0.29) is 29.9 Å². The summed E-state index contributed by atoms with van der Waals surface area (Å²) in [6.07, 6.45) is 0.134. The molecular weight excluding hydrogens is 478 g/mol. The number of anilines is 3. The zero-order valence-corrected chi connectivity index (χ0v) is 19.9. The number of hydrogen-bond donors (Lipinski definition) is 3. The van der Waals surface area contributed by atoms with E-state index in [4.69, 9.17) is 0 Å². The largest absolute Gasteiger partial charge is 0.326 e. The van der Waals surface area contributed by atoms with Crippen molar-refractivity contribution in [3.8, 4) is 0 Å². The van der Waals surface area contributed by atoms with Crippen LogP contribution in [0, 0.1) is 0 Å². The van der Waals surface area contributed by atoms with Crippen molar-refractivity contribution in [3.05, 3.63) is 59.6 Å². The second kappa shape index (κ2) is 10.6. The predicted molar refractivity (Wildman–Crippen MR) is 134 cm³/mol. The van der Waals surface area contributed by atoms with Gasteiger partial charge in [-0.15, -0.1) is 11.3 Å². The summed E-state index contributed by atoms with van der Waals surface area (Å²) in [5.74, 6) is -0.379.